The zero-order valence-corrected chi connectivity index (χ0v) is 11.6. The topological polar surface area (TPSA) is 34.1 Å². The molecule has 2 aromatic rings. The third-order valence-electron chi connectivity index (χ3n) is 4.52. The molecule has 3 rings (SSSR count). The highest BCUT2D eigenvalue weighted by Crippen LogP contribution is 2.49. The molecule has 0 aromatic heterocycles. The lowest BCUT2D eigenvalue weighted by Crippen LogP contribution is -2.69. The minimum absolute atomic E-state index is 0.0209. The number of hydrogen-bond acceptors (Lipinski definition) is 2. The first kappa shape index (κ1) is 12.8. The smallest absolute Gasteiger partial charge is 0.168 e. The Hall–Kier alpha value is -2.22. The highest BCUT2D eigenvalue weighted by atomic mass is 16.2. The molecule has 0 radical (unpaired) electrons. The van der Waals surface area contributed by atoms with E-state index in [2.05, 4.69) is 0 Å². The molecule has 0 saturated heterocycles. The van der Waals surface area contributed by atoms with Crippen molar-refractivity contribution in [3.63, 3.8) is 0 Å². The number of benzene rings is 2. The van der Waals surface area contributed by atoms with Gasteiger partial charge in [0, 0.05) is 0 Å². The van der Waals surface area contributed by atoms with Gasteiger partial charge in [-0.15, -0.1) is 0 Å². The Labute approximate surface area is 118 Å². The number of Topliss-reactive ketones (excluding diaryl/α,β-unsaturated/α-hetero) is 2. The van der Waals surface area contributed by atoms with Gasteiger partial charge in [-0.25, -0.2) is 0 Å². The maximum absolute atomic E-state index is 12.8. The summed E-state index contributed by atoms with van der Waals surface area (Å²) in [5.74, 6) is -0.0419. The van der Waals surface area contributed by atoms with Crippen molar-refractivity contribution in [1.82, 2.24) is 0 Å². The van der Waals surface area contributed by atoms with Crippen LogP contribution in [0.3, 0.4) is 0 Å². The molecule has 0 spiro atoms. The Morgan fingerprint density at radius 3 is 1.20 bits per heavy atom. The summed E-state index contributed by atoms with van der Waals surface area (Å²) < 4.78 is 0. The van der Waals surface area contributed by atoms with Gasteiger partial charge in [-0.2, -0.15) is 0 Å². The maximum atomic E-state index is 12.8. The van der Waals surface area contributed by atoms with E-state index in [1.54, 1.807) is 13.8 Å². The first-order chi connectivity index (χ1) is 9.52. The molecule has 100 valence electrons. The van der Waals surface area contributed by atoms with Gasteiger partial charge < -0.3 is 0 Å². The quantitative estimate of drug-likeness (QED) is 0.781. The van der Waals surface area contributed by atoms with Crippen LogP contribution in [0.25, 0.3) is 0 Å². The Bertz CT molecular complexity index is 598. The standard InChI is InChI=1S/C18H16O2/c1-17(13-9-5-3-6-10-13)15(19)18(2,16(17)20)14-11-7-4-8-12-14/h3-12H,1-2H3. The molecule has 1 fully saturated rings. The summed E-state index contributed by atoms with van der Waals surface area (Å²) in [5, 5.41) is 0. The van der Waals surface area contributed by atoms with Crippen molar-refractivity contribution in [3.05, 3.63) is 71.8 Å². The van der Waals surface area contributed by atoms with E-state index in [1.807, 2.05) is 60.7 Å². The molecular weight excluding hydrogens is 248 g/mol. The highest BCUT2D eigenvalue weighted by molar-refractivity contribution is 6.37. The molecule has 2 heteroatoms. The van der Waals surface area contributed by atoms with Crippen LogP contribution in [-0.2, 0) is 20.4 Å². The van der Waals surface area contributed by atoms with Gasteiger partial charge in [-0.1, -0.05) is 60.7 Å². The van der Waals surface area contributed by atoms with Crippen molar-refractivity contribution in [2.24, 2.45) is 0 Å². The predicted octanol–water partition coefficient (Wildman–Crippen LogP) is 3.05. The summed E-state index contributed by atoms with van der Waals surface area (Å²) in [7, 11) is 0. The minimum atomic E-state index is -1.01. The first-order valence-corrected chi connectivity index (χ1v) is 6.73. The predicted molar refractivity (Wildman–Crippen MR) is 77.6 cm³/mol. The lowest BCUT2D eigenvalue weighted by Gasteiger charge is -2.49. The van der Waals surface area contributed by atoms with Gasteiger partial charge in [0.15, 0.2) is 11.6 Å². The molecule has 0 unspecified atom stereocenters. The van der Waals surface area contributed by atoms with Crippen LogP contribution in [0.1, 0.15) is 25.0 Å². The van der Waals surface area contributed by atoms with Crippen LogP contribution in [0.5, 0.6) is 0 Å². The fourth-order valence-electron chi connectivity index (χ4n) is 3.21. The number of ketones is 2. The van der Waals surface area contributed by atoms with Crippen LogP contribution >= 0.6 is 0 Å². The molecule has 0 amide bonds. The monoisotopic (exact) mass is 264 g/mol. The molecule has 1 saturated carbocycles. The summed E-state index contributed by atoms with van der Waals surface area (Å²) in [6.07, 6.45) is 0. The number of carbonyl (C=O) groups excluding carboxylic acids is 2. The third kappa shape index (κ3) is 1.39. The van der Waals surface area contributed by atoms with Crippen LogP contribution < -0.4 is 0 Å². The van der Waals surface area contributed by atoms with Gasteiger partial charge >= 0.3 is 0 Å². The van der Waals surface area contributed by atoms with E-state index in [0.29, 0.717) is 0 Å². The molecule has 20 heavy (non-hydrogen) atoms. The van der Waals surface area contributed by atoms with Crippen LogP contribution in [0.15, 0.2) is 60.7 Å². The van der Waals surface area contributed by atoms with Gasteiger partial charge in [-0.3, -0.25) is 9.59 Å². The lowest BCUT2D eigenvalue weighted by atomic mass is 9.48. The SMILES string of the molecule is CC1(c2ccccc2)C(=O)C(C)(c2ccccc2)C1=O. The zero-order valence-electron chi connectivity index (χ0n) is 11.6. The van der Waals surface area contributed by atoms with E-state index in [1.165, 1.54) is 0 Å². The molecule has 0 N–H and O–H groups in total. The van der Waals surface area contributed by atoms with E-state index in [-0.39, 0.29) is 11.6 Å². The largest absolute Gasteiger partial charge is 0.297 e. The molecule has 1 aliphatic rings. The molecular formula is C18H16O2. The summed E-state index contributed by atoms with van der Waals surface area (Å²) >= 11 is 0. The molecule has 0 heterocycles. The first-order valence-electron chi connectivity index (χ1n) is 6.73. The number of rotatable bonds is 2. The van der Waals surface area contributed by atoms with E-state index in [0.717, 1.165) is 11.1 Å². The van der Waals surface area contributed by atoms with Crippen LogP contribution in [0.2, 0.25) is 0 Å². The molecule has 0 aliphatic heterocycles. The Kier molecular flexibility index (Phi) is 2.65. The molecule has 0 atom stereocenters. The van der Waals surface area contributed by atoms with E-state index in [4.69, 9.17) is 0 Å². The molecule has 1 aliphatic carbocycles. The van der Waals surface area contributed by atoms with Crippen molar-refractivity contribution < 1.29 is 9.59 Å². The van der Waals surface area contributed by atoms with Gasteiger partial charge in [0.25, 0.3) is 0 Å². The van der Waals surface area contributed by atoms with Crippen molar-refractivity contribution in [1.29, 1.82) is 0 Å². The van der Waals surface area contributed by atoms with Gasteiger partial charge in [0.2, 0.25) is 0 Å². The lowest BCUT2D eigenvalue weighted by molar-refractivity contribution is -0.155. The summed E-state index contributed by atoms with van der Waals surface area (Å²) in [6, 6.07) is 18.6. The number of carbonyl (C=O) groups is 2. The zero-order chi connectivity index (χ0) is 14.4. The van der Waals surface area contributed by atoms with Crippen LogP contribution in [0, 0.1) is 0 Å². The molecule has 2 aromatic carbocycles. The fourth-order valence-corrected chi connectivity index (χ4v) is 3.21. The average Bonchev–Trinajstić information content (AvgIpc) is 2.54. The van der Waals surface area contributed by atoms with Gasteiger partial charge in [-0.05, 0) is 25.0 Å². The van der Waals surface area contributed by atoms with Crippen LogP contribution in [0.4, 0.5) is 0 Å². The minimum Gasteiger partial charge on any atom is -0.297 e. The third-order valence-corrected chi connectivity index (χ3v) is 4.52. The van der Waals surface area contributed by atoms with Crippen LogP contribution in [-0.4, -0.2) is 11.6 Å². The van der Waals surface area contributed by atoms with Gasteiger partial charge in [0.1, 0.15) is 10.8 Å². The number of hydrogen-bond donors (Lipinski definition) is 0. The Morgan fingerprint density at radius 2 is 0.900 bits per heavy atom. The summed E-state index contributed by atoms with van der Waals surface area (Å²) in [4.78, 5) is 25.6. The molecule has 2 nitrogen and oxygen atoms in total. The summed E-state index contributed by atoms with van der Waals surface area (Å²) in [5.41, 5.74) is -0.454. The van der Waals surface area contributed by atoms with Crippen molar-refractivity contribution in [2.45, 2.75) is 24.7 Å². The molecule has 0 bridgehead atoms. The Balaban J connectivity index is 2.07. The second-order valence-corrected chi connectivity index (χ2v) is 5.64. The van der Waals surface area contributed by atoms with E-state index in [9.17, 15) is 9.59 Å². The van der Waals surface area contributed by atoms with Gasteiger partial charge in [0.05, 0.1) is 0 Å². The van der Waals surface area contributed by atoms with Crippen molar-refractivity contribution in [2.75, 3.05) is 0 Å². The Morgan fingerprint density at radius 1 is 0.600 bits per heavy atom. The maximum Gasteiger partial charge on any atom is 0.168 e. The fraction of sp³-hybridized carbons (Fsp3) is 0.222. The van der Waals surface area contributed by atoms with Crippen molar-refractivity contribution >= 4 is 11.6 Å². The average molecular weight is 264 g/mol. The second-order valence-electron chi connectivity index (χ2n) is 5.64. The normalized spacial score (nSPS) is 29.1. The summed E-state index contributed by atoms with van der Waals surface area (Å²) in [6.45, 7) is 3.47. The van der Waals surface area contributed by atoms with E-state index < -0.39 is 10.8 Å². The van der Waals surface area contributed by atoms with E-state index >= 15 is 0 Å². The van der Waals surface area contributed by atoms with Crippen molar-refractivity contribution in [3.8, 4) is 0 Å². The second kappa shape index (κ2) is 4.14. The highest BCUT2D eigenvalue weighted by Gasteiger charge is 2.67.